The van der Waals surface area contributed by atoms with Gasteiger partial charge in [-0.2, -0.15) is 0 Å². The lowest BCUT2D eigenvalue weighted by molar-refractivity contribution is 0.754. The number of aromatic nitrogens is 1. The highest BCUT2D eigenvalue weighted by Crippen LogP contribution is 2.37. The Hall–Kier alpha value is -0.510. The van der Waals surface area contributed by atoms with E-state index in [0.29, 0.717) is 11.1 Å². The van der Waals surface area contributed by atoms with Crippen molar-refractivity contribution in [3.8, 4) is 0 Å². The highest BCUT2D eigenvalue weighted by Gasteiger charge is 2.17. The van der Waals surface area contributed by atoms with Crippen molar-refractivity contribution in [3.63, 3.8) is 0 Å². The quantitative estimate of drug-likeness (QED) is 0.844. The summed E-state index contributed by atoms with van der Waals surface area (Å²) in [6.45, 7) is 0. The zero-order chi connectivity index (χ0) is 11.8. The number of nitrogens with zero attached hydrogens (tertiary/aromatic N) is 1. The molecule has 1 aromatic heterocycles. The molecular formula is C12H12Cl2N2S. The Bertz CT molecular complexity index is 508. The molecule has 0 saturated heterocycles. The van der Waals surface area contributed by atoms with E-state index >= 15 is 0 Å². The number of nitrogens with one attached hydrogen (secondary N) is 1. The van der Waals surface area contributed by atoms with Crippen LogP contribution < -0.4 is 5.32 Å². The van der Waals surface area contributed by atoms with Gasteiger partial charge in [0, 0.05) is 6.04 Å². The Morgan fingerprint density at radius 3 is 2.59 bits per heavy atom. The Kier molecular flexibility index (Phi) is 3.16. The third kappa shape index (κ3) is 2.24. The molecule has 1 aliphatic carbocycles. The number of hydrogen-bond acceptors (Lipinski definition) is 3. The van der Waals surface area contributed by atoms with Crippen LogP contribution >= 0.6 is 34.5 Å². The molecule has 1 aliphatic rings. The molecule has 2 aromatic rings. The fourth-order valence-electron chi connectivity index (χ4n) is 2.25. The minimum absolute atomic E-state index is 0.563. The number of halogens is 2. The van der Waals surface area contributed by atoms with Crippen molar-refractivity contribution in [2.75, 3.05) is 5.32 Å². The standard InChI is InChI=1S/C12H12Cl2N2S/c13-8-5-6-9(14)11-10(8)16-12(17-11)15-7-3-1-2-4-7/h5-7H,1-4H2,(H,15,16). The SMILES string of the molecule is Clc1ccc(Cl)c2sc(NC3CCCC3)nc12. The van der Waals surface area contributed by atoms with Crippen LogP contribution in [0.15, 0.2) is 12.1 Å². The Morgan fingerprint density at radius 2 is 1.88 bits per heavy atom. The molecule has 1 aromatic carbocycles. The van der Waals surface area contributed by atoms with Crippen molar-refractivity contribution in [3.05, 3.63) is 22.2 Å². The van der Waals surface area contributed by atoms with Crippen molar-refractivity contribution < 1.29 is 0 Å². The first kappa shape index (κ1) is 11.6. The molecule has 17 heavy (non-hydrogen) atoms. The van der Waals surface area contributed by atoms with Gasteiger partial charge < -0.3 is 5.32 Å². The first-order chi connectivity index (χ1) is 8.24. The largest absolute Gasteiger partial charge is 0.359 e. The summed E-state index contributed by atoms with van der Waals surface area (Å²) in [5.41, 5.74) is 0.810. The smallest absolute Gasteiger partial charge is 0.184 e. The summed E-state index contributed by atoms with van der Waals surface area (Å²) < 4.78 is 0.972. The molecule has 0 unspecified atom stereocenters. The van der Waals surface area contributed by atoms with Gasteiger partial charge >= 0.3 is 0 Å². The van der Waals surface area contributed by atoms with E-state index in [2.05, 4.69) is 10.3 Å². The van der Waals surface area contributed by atoms with Crippen LogP contribution in [0.1, 0.15) is 25.7 Å². The van der Waals surface area contributed by atoms with Gasteiger partial charge in [0.05, 0.1) is 14.7 Å². The molecule has 0 spiro atoms. The molecule has 1 N–H and O–H groups in total. The molecule has 2 nitrogen and oxygen atoms in total. The van der Waals surface area contributed by atoms with Gasteiger partial charge in [0.15, 0.2) is 5.13 Å². The van der Waals surface area contributed by atoms with Crippen LogP contribution in [0.3, 0.4) is 0 Å². The molecule has 0 amide bonds. The summed E-state index contributed by atoms with van der Waals surface area (Å²) >= 11 is 13.8. The second-order valence-electron chi connectivity index (χ2n) is 4.35. The molecule has 90 valence electrons. The van der Waals surface area contributed by atoms with Crippen molar-refractivity contribution in [1.29, 1.82) is 0 Å². The van der Waals surface area contributed by atoms with E-state index in [1.807, 2.05) is 6.07 Å². The maximum Gasteiger partial charge on any atom is 0.184 e. The predicted octanol–water partition coefficient (Wildman–Crippen LogP) is 4.96. The summed E-state index contributed by atoms with van der Waals surface area (Å²) in [6.07, 6.45) is 5.09. The van der Waals surface area contributed by atoms with Gasteiger partial charge in [-0.15, -0.1) is 0 Å². The van der Waals surface area contributed by atoms with E-state index in [-0.39, 0.29) is 0 Å². The summed E-state index contributed by atoms with van der Waals surface area (Å²) in [4.78, 5) is 4.53. The zero-order valence-corrected chi connectivity index (χ0v) is 11.5. The molecule has 0 atom stereocenters. The van der Waals surface area contributed by atoms with Gasteiger partial charge in [-0.25, -0.2) is 4.98 Å². The van der Waals surface area contributed by atoms with Crippen LogP contribution in [0.5, 0.6) is 0 Å². The van der Waals surface area contributed by atoms with Gasteiger partial charge in [0.25, 0.3) is 0 Å². The van der Waals surface area contributed by atoms with Crippen molar-refractivity contribution in [2.24, 2.45) is 0 Å². The maximum atomic E-state index is 6.14. The van der Waals surface area contributed by atoms with Gasteiger partial charge in [-0.05, 0) is 25.0 Å². The van der Waals surface area contributed by atoms with Gasteiger partial charge in [-0.3, -0.25) is 0 Å². The highest BCUT2D eigenvalue weighted by atomic mass is 35.5. The van der Waals surface area contributed by atoms with E-state index in [9.17, 15) is 0 Å². The monoisotopic (exact) mass is 286 g/mol. The first-order valence-electron chi connectivity index (χ1n) is 5.75. The molecule has 3 rings (SSSR count). The van der Waals surface area contributed by atoms with Gasteiger partial charge in [0.2, 0.25) is 0 Å². The Morgan fingerprint density at radius 1 is 1.18 bits per heavy atom. The lowest BCUT2D eigenvalue weighted by atomic mass is 10.3. The summed E-state index contributed by atoms with van der Waals surface area (Å²) in [6, 6.07) is 4.18. The molecule has 1 fully saturated rings. The molecule has 1 heterocycles. The third-order valence-electron chi connectivity index (χ3n) is 3.13. The van der Waals surface area contributed by atoms with Gasteiger partial charge in [-0.1, -0.05) is 47.4 Å². The molecule has 0 radical (unpaired) electrons. The van der Waals surface area contributed by atoms with Crippen LogP contribution in [0.25, 0.3) is 10.2 Å². The van der Waals surface area contributed by atoms with Crippen LogP contribution in [-0.2, 0) is 0 Å². The van der Waals surface area contributed by atoms with E-state index in [1.165, 1.54) is 25.7 Å². The normalized spacial score (nSPS) is 16.8. The molecule has 0 bridgehead atoms. The molecule has 1 saturated carbocycles. The number of fused-ring (bicyclic) bond motifs is 1. The lowest BCUT2D eigenvalue weighted by Crippen LogP contribution is -2.13. The van der Waals surface area contributed by atoms with E-state index in [0.717, 1.165) is 20.4 Å². The van der Waals surface area contributed by atoms with Crippen molar-refractivity contribution >= 4 is 49.9 Å². The number of rotatable bonds is 2. The predicted molar refractivity (Wildman–Crippen MR) is 75.5 cm³/mol. The van der Waals surface area contributed by atoms with Crippen molar-refractivity contribution in [1.82, 2.24) is 4.98 Å². The van der Waals surface area contributed by atoms with Crippen molar-refractivity contribution in [2.45, 2.75) is 31.7 Å². The fraction of sp³-hybridized carbons (Fsp3) is 0.417. The number of anilines is 1. The second kappa shape index (κ2) is 4.63. The Labute approximate surface area is 114 Å². The average Bonchev–Trinajstić information content (AvgIpc) is 2.94. The average molecular weight is 287 g/mol. The number of thiazole rings is 1. The van der Waals surface area contributed by atoms with Crippen LogP contribution in [-0.4, -0.2) is 11.0 Å². The maximum absolute atomic E-state index is 6.14. The lowest BCUT2D eigenvalue weighted by Gasteiger charge is -2.09. The molecule has 0 aliphatic heterocycles. The second-order valence-corrected chi connectivity index (χ2v) is 6.17. The number of hydrogen-bond donors (Lipinski definition) is 1. The molecular weight excluding hydrogens is 275 g/mol. The summed E-state index contributed by atoms with van der Waals surface area (Å²) in [5, 5.41) is 5.80. The fourth-order valence-corrected chi connectivity index (χ4v) is 3.75. The minimum Gasteiger partial charge on any atom is -0.359 e. The Balaban J connectivity index is 1.95. The third-order valence-corrected chi connectivity index (χ3v) is 4.88. The van der Waals surface area contributed by atoms with E-state index in [4.69, 9.17) is 23.2 Å². The zero-order valence-electron chi connectivity index (χ0n) is 9.17. The van der Waals surface area contributed by atoms with Crippen LogP contribution in [0.4, 0.5) is 5.13 Å². The van der Waals surface area contributed by atoms with E-state index in [1.54, 1.807) is 17.4 Å². The van der Waals surface area contributed by atoms with E-state index < -0.39 is 0 Å². The van der Waals surface area contributed by atoms with Gasteiger partial charge in [0.1, 0.15) is 5.52 Å². The topological polar surface area (TPSA) is 24.9 Å². The molecule has 5 heteroatoms. The minimum atomic E-state index is 0.563. The summed E-state index contributed by atoms with van der Waals surface area (Å²) in [5.74, 6) is 0. The summed E-state index contributed by atoms with van der Waals surface area (Å²) in [7, 11) is 0. The first-order valence-corrected chi connectivity index (χ1v) is 7.32. The van der Waals surface area contributed by atoms with Crippen LogP contribution in [0, 0.1) is 0 Å². The number of benzene rings is 1. The highest BCUT2D eigenvalue weighted by molar-refractivity contribution is 7.22. The van der Waals surface area contributed by atoms with Crippen LogP contribution in [0.2, 0.25) is 10.0 Å².